The first-order chi connectivity index (χ1) is 14.9. The topological polar surface area (TPSA) is 71.3 Å². The van der Waals surface area contributed by atoms with E-state index in [1.54, 1.807) is 0 Å². The molecule has 0 amide bonds. The Morgan fingerprint density at radius 2 is 1.97 bits per heavy atom. The van der Waals surface area contributed by atoms with E-state index in [0.29, 0.717) is 6.54 Å². The van der Waals surface area contributed by atoms with Gasteiger partial charge < -0.3 is 24.5 Å². The molecule has 0 saturated carbocycles. The zero-order chi connectivity index (χ0) is 21.8. The Kier molecular flexibility index (Phi) is 6.53. The number of fused-ring (bicyclic) bond motifs is 1. The molecule has 2 aliphatic rings. The first-order valence-electron chi connectivity index (χ1n) is 11.1. The van der Waals surface area contributed by atoms with Gasteiger partial charge >= 0.3 is 0 Å². The maximum Gasteiger partial charge on any atom is 0.191 e. The fourth-order valence-electron chi connectivity index (χ4n) is 4.42. The zero-order valence-corrected chi connectivity index (χ0v) is 19.0. The highest BCUT2D eigenvalue weighted by atomic mass is 16.5. The minimum Gasteiger partial charge on any atom is -0.487 e. The van der Waals surface area contributed by atoms with Gasteiger partial charge in [0.1, 0.15) is 22.9 Å². The average Bonchev–Trinajstić information content (AvgIpc) is 3.19. The number of hydrogen-bond acceptors (Lipinski definition) is 5. The molecule has 2 atom stereocenters. The number of benzene rings is 1. The normalized spacial score (nSPS) is 22.3. The van der Waals surface area contributed by atoms with Gasteiger partial charge in [0.25, 0.3) is 0 Å². The van der Waals surface area contributed by atoms with Crippen LogP contribution in [0.15, 0.2) is 45.8 Å². The highest BCUT2D eigenvalue weighted by Crippen LogP contribution is 2.39. The Morgan fingerprint density at radius 3 is 2.68 bits per heavy atom. The molecule has 2 aromatic rings. The Balaban J connectivity index is 1.47. The molecule has 4 rings (SSSR count). The van der Waals surface area contributed by atoms with Crippen LogP contribution >= 0.6 is 0 Å². The van der Waals surface area contributed by atoms with E-state index in [4.69, 9.17) is 13.9 Å². The van der Waals surface area contributed by atoms with Gasteiger partial charge in [0.05, 0.1) is 25.3 Å². The van der Waals surface area contributed by atoms with Gasteiger partial charge in [0.2, 0.25) is 0 Å². The molecule has 31 heavy (non-hydrogen) atoms. The lowest BCUT2D eigenvalue weighted by Gasteiger charge is -2.38. The molecule has 1 aromatic carbocycles. The van der Waals surface area contributed by atoms with Gasteiger partial charge in [-0.05, 0) is 39.0 Å². The smallest absolute Gasteiger partial charge is 0.191 e. The Hall–Kier alpha value is -2.51. The third-order valence-electron chi connectivity index (χ3n) is 5.95. The van der Waals surface area contributed by atoms with Gasteiger partial charge in [0, 0.05) is 38.7 Å². The number of rotatable bonds is 5. The van der Waals surface area contributed by atoms with Crippen molar-refractivity contribution in [1.82, 2.24) is 15.5 Å². The van der Waals surface area contributed by atoms with Crippen LogP contribution in [0.5, 0.6) is 5.75 Å². The number of ether oxygens (including phenoxy) is 2. The molecule has 1 saturated heterocycles. The largest absolute Gasteiger partial charge is 0.487 e. The van der Waals surface area contributed by atoms with Crippen LogP contribution in [-0.4, -0.2) is 56.4 Å². The van der Waals surface area contributed by atoms with Crippen LogP contribution in [0.25, 0.3) is 0 Å². The summed E-state index contributed by atoms with van der Waals surface area (Å²) in [6.07, 6.45) is 0.856. The number of guanidine groups is 1. The molecule has 7 nitrogen and oxygen atoms in total. The molecule has 0 aliphatic carbocycles. The van der Waals surface area contributed by atoms with Gasteiger partial charge in [-0.25, -0.2) is 0 Å². The zero-order valence-electron chi connectivity index (χ0n) is 19.0. The molecular weight excluding hydrogens is 392 g/mol. The molecule has 168 valence electrons. The number of aliphatic imine (C=N–C) groups is 1. The molecule has 2 unspecified atom stereocenters. The lowest BCUT2D eigenvalue weighted by atomic mass is 9.90. The van der Waals surface area contributed by atoms with Crippen LogP contribution in [0.3, 0.4) is 0 Å². The molecule has 2 aliphatic heterocycles. The van der Waals surface area contributed by atoms with Gasteiger partial charge in [-0.15, -0.1) is 0 Å². The third kappa shape index (κ3) is 5.22. The monoisotopic (exact) mass is 426 g/mol. The first kappa shape index (κ1) is 21.7. The molecular formula is C24H34N4O3. The summed E-state index contributed by atoms with van der Waals surface area (Å²) in [5, 5.41) is 7.15. The standard InChI is InChI=1S/C24H34N4O3/c1-17-9-10-22(30-17)20(28-11-13-29-14-12-28)16-26-23(25-4)27-19-15-24(2,3)31-21-8-6-5-7-18(19)21/h5-10,19-20H,11-16H2,1-4H3,(H2,25,26,27). The van der Waals surface area contributed by atoms with Crippen LogP contribution in [0.4, 0.5) is 0 Å². The van der Waals surface area contributed by atoms with E-state index in [2.05, 4.69) is 52.6 Å². The lowest BCUT2D eigenvalue weighted by molar-refractivity contribution is 0.0124. The summed E-state index contributed by atoms with van der Waals surface area (Å²) in [5.41, 5.74) is 0.920. The van der Waals surface area contributed by atoms with Gasteiger partial charge in [0.15, 0.2) is 5.96 Å². The minimum absolute atomic E-state index is 0.120. The van der Waals surface area contributed by atoms with Crippen molar-refractivity contribution in [3.63, 3.8) is 0 Å². The molecule has 3 heterocycles. The summed E-state index contributed by atoms with van der Waals surface area (Å²) in [7, 11) is 1.81. The molecule has 2 N–H and O–H groups in total. The molecule has 0 radical (unpaired) electrons. The summed E-state index contributed by atoms with van der Waals surface area (Å²) >= 11 is 0. The number of morpholine rings is 1. The van der Waals surface area contributed by atoms with Gasteiger partial charge in [-0.1, -0.05) is 18.2 Å². The summed E-state index contributed by atoms with van der Waals surface area (Å²) < 4.78 is 17.7. The predicted octanol–water partition coefficient (Wildman–Crippen LogP) is 3.43. The molecule has 7 heteroatoms. The highest BCUT2D eigenvalue weighted by molar-refractivity contribution is 5.80. The maximum atomic E-state index is 6.17. The van der Waals surface area contributed by atoms with Crippen molar-refractivity contribution < 1.29 is 13.9 Å². The second-order valence-corrected chi connectivity index (χ2v) is 8.87. The van der Waals surface area contributed by atoms with Crippen molar-refractivity contribution in [2.24, 2.45) is 4.99 Å². The number of aryl methyl sites for hydroxylation is 1. The number of furan rings is 1. The van der Waals surface area contributed by atoms with Crippen molar-refractivity contribution in [2.45, 2.75) is 44.9 Å². The van der Waals surface area contributed by atoms with E-state index in [0.717, 1.165) is 61.5 Å². The van der Waals surface area contributed by atoms with E-state index in [1.165, 1.54) is 0 Å². The second-order valence-electron chi connectivity index (χ2n) is 8.87. The van der Waals surface area contributed by atoms with Gasteiger partial charge in [-0.3, -0.25) is 9.89 Å². The van der Waals surface area contributed by atoms with Crippen LogP contribution < -0.4 is 15.4 Å². The predicted molar refractivity (Wildman–Crippen MR) is 122 cm³/mol. The third-order valence-corrected chi connectivity index (χ3v) is 5.95. The summed E-state index contributed by atoms with van der Waals surface area (Å²) in [6.45, 7) is 10.2. The number of nitrogens with one attached hydrogen (secondary N) is 2. The van der Waals surface area contributed by atoms with Crippen molar-refractivity contribution in [3.8, 4) is 5.75 Å². The Labute approximate surface area is 184 Å². The number of hydrogen-bond donors (Lipinski definition) is 2. The Bertz CT molecular complexity index is 902. The number of nitrogens with zero attached hydrogens (tertiary/aromatic N) is 2. The molecule has 1 aromatic heterocycles. The van der Waals surface area contributed by atoms with Crippen LogP contribution in [0.2, 0.25) is 0 Å². The van der Waals surface area contributed by atoms with E-state index < -0.39 is 0 Å². The Morgan fingerprint density at radius 1 is 1.19 bits per heavy atom. The SMILES string of the molecule is CN=C(NCC(c1ccc(C)o1)N1CCOCC1)NC1CC(C)(C)Oc2ccccc21. The van der Waals surface area contributed by atoms with Crippen LogP contribution in [0.1, 0.15) is 49.4 Å². The second kappa shape index (κ2) is 9.32. The average molecular weight is 427 g/mol. The van der Waals surface area contributed by atoms with Gasteiger partial charge in [-0.2, -0.15) is 0 Å². The van der Waals surface area contributed by atoms with Crippen molar-refractivity contribution in [2.75, 3.05) is 39.9 Å². The summed E-state index contributed by atoms with van der Waals surface area (Å²) in [4.78, 5) is 6.91. The summed E-state index contributed by atoms with van der Waals surface area (Å²) in [6, 6.07) is 12.6. The van der Waals surface area contributed by atoms with E-state index >= 15 is 0 Å². The van der Waals surface area contributed by atoms with E-state index in [-0.39, 0.29) is 17.7 Å². The molecule has 0 spiro atoms. The van der Waals surface area contributed by atoms with Crippen LogP contribution in [0, 0.1) is 6.92 Å². The summed E-state index contributed by atoms with van der Waals surface area (Å²) in [5.74, 6) is 3.61. The van der Waals surface area contributed by atoms with Crippen LogP contribution in [-0.2, 0) is 4.74 Å². The lowest BCUT2D eigenvalue weighted by Crippen LogP contribution is -2.48. The van der Waals surface area contributed by atoms with E-state index in [9.17, 15) is 0 Å². The fourth-order valence-corrected chi connectivity index (χ4v) is 4.42. The maximum absolute atomic E-state index is 6.17. The molecule has 1 fully saturated rings. The van der Waals surface area contributed by atoms with Crippen molar-refractivity contribution in [3.05, 3.63) is 53.5 Å². The first-order valence-corrected chi connectivity index (χ1v) is 11.1. The quantitative estimate of drug-likeness (QED) is 0.564. The fraction of sp³-hybridized carbons (Fsp3) is 0.542. The minimum atomic E-state index is -0.243. The number of para-hydroxylation sites is 1. The van der Waals surface area contributed by atoms with E-state index in [1.807, 2.05) is 32.2 Å². The highest BCUT2D eigenvalue weighted by Gasteiger charge is 2.34. The van der Waals surface area contributed by atoms with Crippen molar-refractivity contribution in [1.29, 1.82) is 0 Å². The molecule has 0 bridgehead atoms. The van der Waals surface area contributed by atoms with Crippen molar-refractivity contribution >= 4 is 5.96 Å².